The normalized spacial score (nSPS) is 7.78. The largest absolute Gasteiger partial charge is 0.469 e. The predicted molar refractivity (Wildman–Crippen MR) is 54.9 cm³/mol. The summed E-state index contributed by atoms with van der Waals surface area (Å²) in [6, 6.07) is 0. The third-order valence-electron chi connectivity index (χ3n) is 0.673. The quantitative estimate of drug-likeness (QED) is 0.534. The van der Waals surface area contributed by atoms with Gasteiger partial charge in [-0.15, -0.1) is 0 Å². The Morgan fingerprint density at radius 2 is 1.78 bits per heavy atom. The van der Waals surface area contributed by atoms with Crippen molar-refractivity contribution >= 4 is 43.2 Å². The van der Waals surface area contributed by atoms with E-state index in [2.05, 4.69) is 42.0 Å². The van der Waals surface area contributed by atoms with E-state index >= 15 is 0 Å². The SMILES string of the molecule is COC(=O)C(C)C.II. The molecule has 0 heterocycles. The van der Waals surface area contributed by atoms with Crippen molar-refractivity contribution in [2.75, 3.05) is 7.11 Å². The number of hydrogen-bond donors (Lipinski definition) is 0. The van der Waals surface area contributed by atoms with Crippen LogP contribution in [0.2, 0.25) is 0 Å². The predicted octanol–water partition coefficient (Wildman–Crippen LogP) is 2.59. The van der Waals surface area contributed by atoms with Crippen molar-refractivity contribution in [1.29, 1.82) is 0 Å². The second kappa shape index (κ2) is 8.93. The lowest BCUT2D eigenvalue weighted by atomic mass is 10.2. The topological polar surface area (TPSA) is 26.3 Å². The molecule has 0 radical (unpaired) electrons. The van der Waals surface area contributed by atoms with Crippen LogP contribution in [0.15, 0.2) is 0 Å². The van der Waals surface area contributed by atoms with E-state index in [0.29, 0.717) is 0 Å². The monoisotopic (exact) mass is 356 g/mol. The Morgan fingerprint density at radius 1 is 1.44 bits per heavy atom. The molecule has 56 valence electrons. The Morgan fingerprint density at radius 3 is 1.78 bits per heavy atom. The summed E-state index contributed by atoms with van der Waals surface area (Å²) < 4.78 is 4.37. The zero-order chi connectivity index (χ0) is 7.86. The van der Waals surface area contributed by atoms with Gasteiger partial charge >= 0.3 is 5.97 Å². The maximum atomic E-state index is 10.3. The highest BCUT2D eigenvalue weighted by atomic mass is 128. The first-order valence-corrected chi connectivity index (χ1v) is 8.69. The van der Waals surface area contributed by atoms with Gasteiger partial charge < -0.3 is 4.74 Å². The summed E-state index contributed by atoms with van der Waals surface area (Å²) in [6.07, 6.45) is 0. The van der Waals surface area contributed by atoms with Crippen molar-refractivity contribution in [2.24, 2.45) is 5.92 Å². The smallest absolute Gasteiger partial charge is 0.308 e. The highest BCUT2D eigenvalue weighted by Gasteiger charge is 2.03. The zero-order valence-corrected chi connectivity index (χ0v) is 9.96. The highest BCUT2D eigenvalue weighted by molar-refractivity contribution is 15.0. The van der Waals surface area contributed by atoms with E-state index in [1.165, 1.54) is 7.11 Å². The van der Waals surface area contributed by atoms with Gasteiger partial charge in [0, 0.05) is 37.2 Å². The maximum Gasteiger partial charge on any atom is 0.308 e. The van der Waals surface area contributed by atoms with E-state index < -0.39 is 0 Å². The van der Waals surface area contributed by atoms with Crippen molar-refractivity contribution in [1.82, 2.24) is 0 Å². The van der Waals surface area contributed by atoms with E-state index in [1.807, 2.05) is 0 Å². The molecule has 0 aliphatic rings. The third kappa shape index (κ3) is 8.93. The Balaban J connectivity index is 0. The summed E-state index contributed by atoms with van der Waals surface area (Å²) >= 11 is 4.24. The van der Waals surface area contributed by atoms with E-state index in [4.69, 9.17) is 0 Å². The minimum absolute atomic E-state index is 0.00463. The van der Waals surface area contributed by atoms with Gasteiger partial charge in [0.15, 0.2) is 0 Å². The first kappa shape index (κ1) is 12.6. The summed E-state index contributed by atoms with van der Waals surface area (Å²) in [5, 5.41) is 0. The van der Waals surface area contributed by atoms with Crippen LogP contribution in [0.25, 0.3) is 0 Å². The molecule has 0 fully saturated rings. The number of rotatable bonds is 1. The van der Waals surface area contributed by atoms with Gasteiger partial charge in [-0.25, -0.2) is 0 Å². The molecule has 0 N–H and O–H groups in total. The van der Waals surface area contributed by atoms with Gasteiger partial charge in [-0.1, -0.05) is 13.8 Å². The molecule has 4 heteroatoms. The summed E-state index contributed by atoms with van der Waals surface area (Å²) in [5.74, 6) is -0.148. The molecule has 9 heavy (non-hydrogen) atoms. The van der Waals surface area contributed by atoms with Crippen LogP contribution in [0.5, 0.6) is 0 Å². The van der Waals surface area contributed by atoms with Crippen molar-refractivity contribution in [2.45, 2.75) is 13.8 Å². The van der Waals surface area contributed by atoms with Gasteiger partial charge in [0.1, 0.15) is 0 Å². The molecule has 0 bridgehead atoms. The second-order valence-corrected chi connectivity index (χ2v) is 1.68. The molecule has 0 aromatic rings. The van der Waals surface area contributed by atoms with Crippen LogP contribution in [0.4, 0.5) is 0 Å². The lowest BCUT2D eigenvalue weighted by molar-refractivity contribution is -0.144. The van der Waals surface area contributed by atoms with Gasteiger partial charge in [-0.3, -0.25) is 4.79 Å². The molecule has 0 aliphatic carbocycles. The number of halogens is 2. The number of carbonyl (C=O) groups excluding carboxylic acids is 1. The summed E-state index contributed by atoms with van der Waals surface area (Å²) in [6.45, 7) is 3.59. The van der Waals surface area contributed by atoms with Crippen molar-refractivity contribution in [3.8, 4) is 0 Å². The minimum Gasteiger partial charge on any atom is -0.469 e. The third-order valence-corrected chi connectivity index (χ3v) is 0.673. The fraction of sp³-hybridized carbons (Fsp3) is 0.800. The van der Waals surface area contributed by atoms with Gasteiger partial charge in [0.25, 0.3) is 0 Å². The van der Waals surface area contributed by atoms with Crippen LogP contribution in [-0.4, -0.2) is 13.1 Å². The Labute approximate surface area is 79.0 Å². The summed E-state index contributed by atoms with van der Waals surface area (Å²) in [4.78, 5) is 10.3. The summed E-state index contributed by atoms with van der Waals surface area (Å²) in [7, 11) is 1.39. The number of hydrogen-bond acceptors (Lipinski definition) is 2. The molecular formula is C5H10I2O2. The number of ether oxygens (including phenoxy) is 1. The van der Waals surface area contributed by atoms with Crippen molar-refractivity contribution in [3.05, 3.63) is 0 Å². The molecule has 0 aliphatic heterocycles. The lowest BCUT2D eigenvalue weighted by Crippen LogP contribution is -2.07. The van der Waals surface area contributed by atoms with Crippen LogP contribution >= 0.6 is 37.2 Å². The Hall–Kier alpha value is 0.930. The van der Waals surface area contributed by atoms with Gasteiger partial charge in [-0.2, -0.15) is 0 Å². The molecular weight excluding hydrogens is 346 g/mol. The molecule has 0 aromatic heterocycles. The second-order valence-electron chi connectivity index (χ2n) is 1.68. The van der Waals surface area contributed by atoms with Crippen molar-refractivity contribution < 1.29 is 9.53 Å². The number of carbonyl (C=O) groups is 1. The van der Waals surface area contributed by atoms with Gasteiger partial charge in [-0.05, 0) is 0 Å². The van der Waals surface area contributed by atoms with Crippen LogP contribution < -0.4 is 0 Å². The van der Waals surface area contributed by atoms with Crippen LogP contribution in [0.3, 0.4) is 0 Å². The fourth-order valence-electron chi connectivity index (χ4n) is 0.236. The Kier molecular flexibility index (Phi) is 12.5. The zero-order valence-electron chi connectivity index (χ0n) is 5.65. The van der Waals surface area contributed by atoms with Crippen LogP contribution in [0.1, 0.15) is 13.8 Å². The first-order valence-electron chi connectivity index (χ1n) is 2.40. The minimum atomic E-state index is -0.153. The molecule has 2 nitrogen and oxygen atoms in total. The summed E-state index contributed by atoms with van der Waals surface area (Å²) in [5.41, 5.74) is 0. The van der Waals surface area contributed by atoms with Crippen molar-refractivity contribution in [3.63, 3.8) is 0 Å². The first-order chi connectivity index (χ1) is 4.18. The number of esters is 1. The molecule has 0 amide bonds. The average molecular weight is 356 g/mol. The number of methoxy groups -OCH3 is 1. The lowest BCUT2D eigenvalue weighted by Gasteiger charge is -1.97. The molecule has 0 atom stereocenters. The average Bonchev–Trinajstić information content (AvgIpc) is 1.91. The van der Waals surface area contributed by atoms with Crippen LogP contribution in [-0.2, 0) is 9.53 Å². The molecule has 0 saturated carbocycles. The van der Waals surface area contributed by atoms with Gasteiger partial charge in [0.05, 0.1) is 13.0 Å². The van der Waals surface area contributed by atoms with Crippen LogP contribution in [0, 0.1) is 5.92 Å². The Bertz CT molecular complexity index is 73.4. The molecule has 0 aromatic carbocycles. The fourth-order valence-corrected chi connectivity index (χ4v) is 0.236. The van der Waals surface area contributed by atoms with E-state index in [-0.39, 0.29) is 11.9 Å². The molecule has 0 rings (SSSR count). The van der Waals surface area contributed by atoms with Gasteiger partial charge in [0.2, 0.25) is 0 Å². The van der Waals surface area contributed by atoms with E-state index in [9.17, 15) is 4.79 Å². The highest BCUT2D eigenvalue weighted by Crippen LogP contribution is 1.91. The molecule has 0 spiro atoms. The van der Waals surface area contributed by atoms with E-state index in [0.717, 1.165) is 0 Å². The maximum absolute atomic E-state index is 10.3. The standard InChI is InChI=1S/C5H10O2.I2/c1-4(2)5(6)7-3;1-2/h4H,1-3H3;. The molecule has 0 saturated heterocycles. The van der Waals surface area contributed by atoms with E-state index in [1.54, 1.807) is 13.8 Å². The molecule has 0 unspecified atom stereocenters.